The van der Waals surface area contributed by atoms with Crippen molar-refractivity contribution in [2.24, 2.45) is 5.41 Å². The van der Waals surface area contributed by atoms with Crippen molar-refractivity contribution in [3.8, 4) is 11.5 Å². The number of hydrogen-bond acceptors (Lipinski definition) is 5. The molecule has 0 radical (unpaired) electrons. The van der Waals surface area contributed by atoms with E-state index >= 15 is 0 Å². The van der Waals surface area contributed by atoms with Crippen LogP contribution in [0.15, 0.2) is 18.5 Å². The van der Waals surface area contributed by atoms with Crippen LogP contribution < -0.4 is 4.74 Å². The van der Waals surface area contributed by atoms with Crippen molar-refractivity contribution >= 4 is 28.5 Å². The molecule has 1 heterocycles. The van der Waals surface area contributed by atoms with Crippen LogP contribution in [0.4, 0.5) is 0 Å². The molecule has 0 fully saturated rings. The molecule has 2 aromatic rings. The summed E-state index contributed by atoms with van der Waals surface area (Å²) in [5, 5.41) is 10.6. The number of hydrogen-bond donors (Lipinski definition) is 1. The Morgan fingerprint density at radius 1 is 1.32 bits per heavy atom. The molecule has 1 aromatic carbocycles. The predicted molar refractivity (Wildman–Crippen MR) is 71.3 cm³/mol. The van der Waals surface area contributed by atoms with Crippen LogP contribution in [0.1, 0.15) is 20.8 Å². The molecule has 19 heavy (non-hydrogen) atoms. The van der Waals surface area contributed by atoms with E-state index in [9.17, 15) is 9.90 Å². The summed E-state index contributed by atoms with van der Waals surface area (Å²) in [5.41, 5.74) is -0.189. The van der Waals surface area contributed by atoms with Crippen LogP contribution in [0.3, 0.4) is 0 Å². The minimum Gasteiger partial charge on any atom is -0.504 e. The lowest BCUT2D eigenvalue weighted by Gasteiger charge is -2.17. The molecule has 6 heteroatoms. The summed E-state index contributed by atoms with van der Waals surface area (Å²) in [6.45, 7) is 5.18. The number of carbonyl (C=O) groups excluding carboxylic acids is 1. The molecule has 0 saturated carbocycles. The van der Waals surface area contributed by atoms with E-state index in [2.05, 4.69) is 9.97 Å². The van der Waals surface area contributed by atoms with Gasteiger partial charge in [-0.15, -0.1) is 0 Å². The third-order valence-electron chi connectivity index (χ3n) is 2.48. The second kappa shape index (κ2) is 4.66. The van der Waals surface area contributed by atoms with Gasteiger partial charge in [-0.3, -0.25) is 4.79 Å². The Kier molecular flexibility index (Phi) is 3.32. The fourth-order valence-corrected chi connectivity index (χ4v) is 1.57. The zero-order valence-electron chi connectivity index (χ0n) is 10.8. The molecule has 0 aliphatic heterocycles. The van der Waals surface area contributed by atoms with E-state index in [0.717, 1.165) is 0 Å². The largest absolute Gasteiger partial charge is 0.504 e. The highest BCUT2D eigenvalue weighted by Gasteiger charge is 2.25. The van der Waals surface area contributed by atoms with E-state index in [1.165, 1.54) is 18.5 Å². The van der Waals surface area contributed by atoms with Gasteiger partial charge in [0.2, 0.25) is 0 Å². The number of fused-ring (bicyclic) bond motifs is 1. The molecule has 1 aromatic heterocycles. The fraction of sp³-hybridized carbons (Fsp3) is 0.308. The Hall–Kier alpha value is -1.88. The second-order valence-corrected chi connectivity index (χ2v) is 5.50. The van der Waals surface area contributed by atoms with E-state index in [-0.39, 0.29) is 16.7 Å². The Labute approximate surface area is 115 Å². The van der Waals surface area contributed by atoms with Crippen LogP contribution in [0.5, 0.6) is 11.5 Å². The lowest BCUT2D eigenvalue weighted by Crippen LogP contribution is -2.25. The highest BCUT2D eigenvalue weighted by atomic mass is 35.5. The van der Waals surface area contributed by atoms with Gasteiger partial charge in [-0.2, -0.15) is 0 Å². The topological polar surface area (TPSA) is 72.3 Å². The number of halogens is 1. The number of esters is 1. The van der Waals surface area contributed by atoms with Crippen LogP contribution in [-0.2, 0) is 4.79 Å². The molecule has 5 nitrogen and oxygen atoms in total. The van der Waals surface area contributed by atoms with Gasteiger partial charge in [-0.05, 0) is 26.8 Å². The highest BCUT2D eigenvalue weighted by molar-refractivity contribution is 6.34. The van der Waals surface area contributed by atoms with Crippen LogP contribution in [-0.4, -0.2) is 21.0 Å². The first-order valence-corrected chi connectivity index (χ1v) is 6.02. The Bertz CT molecular complexity index is 650. The van der Waals surface area contributed by atoms with Crippen molar-refractivity contribution in [3.63, 3.8) is 0 Å². The number of rotatable bonds is 1. The Morgan fingerprint density at radius 2 is 2.00 bits per heavy atom. The number of carbonyl (C=O) groups is 1. The number of phenols is 1. The number of nitrogens with zero attached hydrogens (tertiary/aromatic N) is 2. The van der Waals surface area contributed by atoms with Gasteiger partial charge in [-0.25, -0.2) is 9.97 Å². The summed E-state index contributed by atoms with van der Waals surface area (Å²) in [5.74, 6) is -0.570. The molecule has 1 N–H and O–H groups in total. The first-order valence-electron chi connectivity index (χ1n) is 5.64. The lowest BCUT2D eigenvalue weighted by atomic mass is 9.97. The van der Waals surface area contributed by atoms with E-state index in [1.54, 1.807) is 20.8 Å². The number of ether oxygens (including phenoxy) is 1. The summed E-state index contributed by atoms with van der Waals surface area (Å²) in [6.07, 6.45) is 1.30. The van der Waals surface area contributed by atoms with Crippen molar-refractivity contribution in [1.29, 1.82) is 0 Å². The molecule has 0 amide bonds. The number of aromatic nitrogens is 2. The fourth-order valence-electron chi connectivity index (χ4n) is 1.38. The van der Waals surface area contributed by atoms with E-state index in [4.69, 9.17) is 16.3 Å². The summed E-state index contributed by atoms with van der Waals surface area (Å²) in [6, 6.07) is 2.84. The molecule has 0 unspecified atom stereocenters. The Morgan fingerprint density at radius 3 is 2.63 bits per heavy atom. The normalized spacial score (nSPS) is 11.6. The van der Waals surface area contributed by atoms with Gasteiger partial charge in [0, 0.05) is 11.5 Å². The molecule has 2 rings (SSSR count). The molecule has 0 aliphatic rings. The minimum absolute atomic E-state index is 0.0455. The zero-order valence-corrected chi connectivity index (χ0v) is 11.5. The van der Waals surface area contributed by atoms with Gasteiger partial charge >= 0.3 is 5.97 Å². The third kappa shape index (κ3) is 2.76. The van der Waals surface area contributed by atoms with E-state index in [0.29, 0.717) is 10.9 Å². The molecule has 0 spiro atoms. The smallest absolute Gasteiger partial charge is 0.316 e. The monoisotopic (exact) mass is 280 g/mol. The summed E-state index contributed by atoms with van der Waals surface area (Å²) < 4.78 is 5.17. The van der Waals surface area contributed by atoms with Crippen molar-refractivity contribution in [3.05, 3.63) is 23.6 Å². The first-order chi connectivity index (χ1) is 8.79. The van der Waals surface area contributed by atoms with Gasteiger partial charge in [0.1, 0.15) is 11.5 Å². The number of aromatic hydroxyl groups is 1. The molecule has 0 atom stereocenters. The summed E-state index contributed by atoms with van der Waals surface area (Å²) in [4.78, 5) is 19.6. The van der Waals surface area contributed by atoms with Gasteiger partial charge < -0.3 is 9.84 Å². The first kappa shape index (κ1) is 13.5. The molecular formula is C13H13ClN2O3. The van der Waals surface area contributed by atoms with E-state index < -0.39 is 11.4 Å². The van der Waals surface area contributed by atoms with Crippen LogP contribution in [0.25, 0.3) is 10.9 Å². The summed E-state index contributed by atoms with van der Waals surface area (Å²) in [7, 11) is 0. The van der Waals surface area contributed by atoms with Crippen LogP contribution >= 0.6 is 11.6 Å². The molecule has 0 saturated heterocycles. The maximum absolute atomic E-state index is 11.8. The van der Waals surface area contributed by atoms with Gasteiger partial charge in [0.05, 0.1) is 10.9 Å². The van der Waals surface area contributed by atoms with Crippen molar-refractivity contribution in [2.75, 3.05) is 0 Å². The van der Waals surface area contributed by atoms with E-state index in [1.807, 2.05) is 0 Å². The van der Waals surface area contributed by atoms with Gasteiger partial charge in [0.25, 0.3) is 0 Å². The number of benzene rings is 1. The van der Waals surface area contributed by atoms with Crippen molar-refractivity contribution < 1.29 is 14.6 Å². The van der Waals surface area contributed by atoms with Crippen LogP contribution in [0, 0.1) is 5.41 Å². The molecule has 100 valence electrons. The lowest BCUT2D eigenvalue weighted by molar-refractivity contribution is -0.143. The average molecular weight is 281 g/mol. The third-order valence-corrected chi connectivity index (χ3v) is 2.78. The van der Waals surface area contributed by atoms with Crippen molar-refractivity contribution in [2.45, 2.75) is 20.8 Å². The SMILES string of the molecule is CC(C)(C)C(=O)Oc1cc2c(Cl)ncnc2cc1O. The van der Waals surface area contributed by atoms with Gasteiger partial charge in [-0.1, -0.05) is 11.6 Å². The zero-order chi connectivity index (χ0) is 14.2. The molecule has 0 bridgehead atoms. The van der Waals surface area contributed by atoms with Crippen LogP contribution in [0.2, 0.25) is 5.15 Å². The second-order valence-electron chi connectivity index (χ2n) is 5.14. The average Bonchev–Trinajstić information content (AvgIpc) is 2.30. The maximum atomic E-state index is 11.8. The maximum Gasteiger partial charge on any atom is 0.316 e. The highest BCUT2D eigenvalue weighted by Crippen LogP contribution is 2.34. The Balaban J connectivity index is 2.47. The summed E-state index contributed by atoms with van der Waals surface area (Å²) >= 11 is 5.93. The number of phenolic OH excluding ortho intramolecular Hbond substituents is 1. The van der Waals surface area contributed by atoms with Crippen molar-refractivity contribution in [1.82, 2.24) is 9.97 Å². The molecular weight excluding hydrogens is 268 g/mol. The quantitative estimate of drug-likeness (QED) is 0.494. The predicted octanol–water partition coefficient (Wildman–Crippen LogP) is 2.94. The standard InChI is InChI=1S/C13H13ClN2O3/c1-13(2,3)12(18)19-10-4-7-8(5-9(10)17)15-6-16-11(7)14/h4-6,17H,1-3H3. The minimum atomic E-state index is -0.668. The molecule has 0 aliphatic carbocycles. The van der Waals surface area contributed by atoms with Gasteiger partial charge in [0.15, 0.2) is 11.5 Å².